The lowest BCUT2D eigenvalue weighted by molar-refractivity contribution is -0.139. The van der Waals surface area contributed by atoms with Gasteiger partial charge in [0.15, 0.2) is 0 Å². The SMILES string of the molecule is COC(=O)C1=C(C(=O)OC)C2(C(Cc3ccccc3)N(C)c3c(F)cccc3F)C=CC1O2. The summed E-state index contributed by atoms with van der Waals surface area (Å²) in [6, 6.07) is 12.0. The lowest BCUT2D eigenvalue weighted by Gasteiger charge is -2.41. The Morgan fingerprint density at radius 3 is 2.27 bits per heavy atom. The Morgan fingerprint density at radius 1 is 1.03 bits per heavy atom. The van der Waals surface area contributed by atoms with Gasteiger partial charge in [0, 0.05) is 7.05 Å². The molecule has 2 aliphatic heterocycles. The lowest BCUT2D eigenvalue weighted by Crippen LogP contribution is -2.54. The molecule has 2 aromatic carbocycles. The number of likely N-dealkylation sites (N-methyl/N-ethyl adjacent to an activating group) is 1. The van der Waals surface area contributed by atoms with Crippen molar-refractivity contribution in [3.05, 3.63) is 89.0 Å². The second-order valence-electron chi connectivity index (χ2n) is 7.85. The molecule has 0 saturated carbocycles. The normalized spacial score (nSPS) is 21.8. The van der Waals surface area contributed by atoms with Crippen molar-refractivity contribution in [3.8, 4) is 0 Å². The topological polar surface area (TPSA) is 65.1 Å². The van der Waals surface area contributed by atoms with Gasteiger partial charge in [-0.05, 0) is 30.2 Å². The maximum atomic E-state index is 14.8. The lowest BCUT2D eigenvalue weighted by atomic mass is 9.78. The summed E-state index contributed by atoms with van der Waals surface area (Å²) in [6.45, 7) is 0. The molecule has 0 aliphatic carbocycles. The molecule has 0 amide bonds. The van der Waals surface area contributed by atoms with Gasteiger partial charge in [-0.15, -0.1) is 0 Å². The highest BCUT2D eigenvalue weighted by Gasteiger charge is 2.59. The zero-order valence-corrected chi connectivity index (χ0v) is 18.4. The van der Waals surface area contributed by atoms with Gasteiger partial charge in [-0.3, -0.25) is 0 Å². The molecule has 2 bridgehead atoms. The van der Waals surface area contributed by atoms with Crippen LogP contribution in [-0.4, -0.2) is 51.0 Å². The van der Waals surface area contributed by atoms with E-state index in [0.29, 0.717) is 0 Å². The molecule has 8 heteroatoms. The van der Waals surface area contributed by atoms with Gasteiger partial charge in [0.1, 0.15) is 29.0 Å². The van der Waals surface area contributed by atoms with Gasteiger partial charge < -0.3 is 19.1 Å². The molecule has 2 heterocycles. The van der Waals surface area contributed by atoms with Crippen LogP contribution in [0.3, 0.4) is 0 Å². The largest absolute Gasteiger partial charge is 0.466 e. The maximum absolute atomic E-state index is 14.8. The van der Waals surface area contributed by atoms with Crippen molar-refractivity contribution >= 4 is 17.6 Å². The molecular weight excluding hydrogens is 432 g/mol. The van der Waals surface area contributed by atoms with Crippen LogP contribution in [0.1, 0.15) is 5.56 Å². The molecule has 2 aromatic rings. The minimum absolute atomic E-state index is 0.0207. The molecule has 2 aliphatic rings. The number of hydrogen-bond acceptors (Lipinski definition) is 6. The number of nitrogens with zero attached hydrogens (tertiary/aromatic N) is 1. The van der Waals surface area contributed by atoms with Crippen molar-refractivity contribution in [2.24, 2.45) is 0 Å². The first kappa shape index (κ1) is 22.7. The number of anilines is 1. The first-order chi connectivity index (χ1) is 15.8. The van der Waals surface area contributed by atoms with Crippen molar-refractivity contribution in [1.29, 1.82) is 0 Å². The predicted molar refractivity (Wildman–Crippen MR) is 116 cm³/mol. The number of hydrogen-bond donors (Lipinski definition) is 0. The van der Waals surface area contributed by atoms with Gasteiger partial charge in [0.25, 0.3) is 0 Å². The smallest absolute Gasteiger partial charge is 0.337 e. The molecule has 3 atom stereocenters. The number of esters is 2. The number of carbonyl (C=O) groups excluding carboxylic acids is 2. The van der Waals surface area contributed by atoms with Crippen LogP contribution < -0.4 is 4.90 Å². The number of benzene rings is 2. The first-order valence-electron chi connectivity index (χ1n) is 10.3. The number of rotatable bonds is 7. The highest BCUT2D eigenvalue weighted by atomic mass is 19.1. The molecule has 0 spiro atoms. The van der Waals surface area contributed by atoms with Gasteiger partial charge in [0.05, 0.1) is 31.4 Å². The quantitative estimate of drug-likeness (QED) is 0.471. The van der Waals surface area contributed by atoms with E-state index in [0.717, 1.165) is 17.7 Å². The summed E-state index contributed by atoms with van der Waals surface area (Å²) in [6.07, 6.45) is 2.70. The summed E-state index contributed by atoms with van der Waals surface area (Å²) < 4.78 is 45.7. The number of ether oxygens (including phenoxy) is 3. The minimum atomic E-state index is -1.50. The fourth-order valence-electron chi connectivity index (χ4n) is 4.62. The van der Waals surface area contributed by atoms with E-state index >= 15 is 0 Å². The Morgan fingerprint density at radius 2 is 1.67 bits per heavy atom. The number of methoxy groups -OCH3 is 2. The van der Waals surface area contributed by atoms with E-state index in [4.69, 9.17) is 14.2 Å². The van der Waals surface area contributed by atoms with Crippen LogP contribution in [0.5, 0.6) is 0 Å². The van der Waals surface area contributed by atoms with Crippen LogP contribution >= 0.6 is 0 Å². The minimum Gasteiger partial charge on any atom is -0.466 e. The van der Waals surface area contributed by atoms with Crippen molar-refractivity contribution in [1.82, 2.24) is 0 Å². The van der Waals surface area contributed by atoms with Crippen LogP contribution in [0, 0.1) is 11.6 Å². The molecule has 0 aromatic heterocycles. The van der Waals surface area contributed by atoms with Crippen LogP contribution in [-0.2, 0) is 30.2 Å². The van der Waals surface area contributed by atoms with E-state index in [9.17, 15) is 18.4 Å². The molecule has 33 heavy (non-hydrogen) atoms. The van der Waals surface area contributed by atoms with Crippen molar-refractivity contribution in [3.63, 3.8) is 0 Å². The molecule has 0 radical (unpaired) electrons. The van der Waals surface area contributed by atoms with Gasteiger partial charge in [-0.1, -0.05) is 42.5 Å². The standard InChI is InChI=1S/C25H23F2NO5/c1-28(22-16(26)10-7-11-17(22)27)19(14-15-8-5-4-6-9-15)25-13-12-18(33-25)20(23(29)31-2)21(25)24(30)32-3/h4-13,18-19H,14H2,1-3H3. The predicted octanol–water partition coefficient (Wildman–Crippen LogP) is 3.36. The fraction of sp³-hybridized carbons (Fsp3) is 0.280. The Labute approximate surface area is 190 Å². The summed E-state index contributed by atoms with van der Waals surface area (Å²) in [5.41, 5.74) is -0.942. The van der Waals surface area contributed by atoms with Crippen molar-refractivity contribution < 1.29 is 32.6 Å². The van der Waals surface area contributed by atoms with Gasteiger partial charge >= 0.3 is 11.9 Å². The Hall–Kier alpha value is -3.52. The number of halogens is 2. The fourth-order valence-corrected chi connectivity index (χ4v) is 4.62. The highest BCUT2D eigenvalue weighted by molar-refractivity contribution is 6.05. The Bertz CT molecular complexity index is 1130. The summed E-state index contributed by atoms with van der Waals surface area (Å²) in [7, 11) is 3.93. The maximum Gasteiger partial charge on any atom is 0.337 e. The molecule has 4 rings (SSSR count). The monoisotopic (exact) mass is 455 g/mol. The molecule has 0 fully saturated rings. The van der Waals surface area contributed by atoms with Gasteiger partial charge in [-0.2, -0.15) is 0 Å². The highest BCUT2D eigenvalue weighted by Crippen LogP contribution is 2.49. The average molecular weight is 455 g/mol. The molecule has 0 N–H and O–H groups in total. The zero-order valence-electron chi connectivity index (χ0n) is 18.4. The number of fused-ring (bicyclic) bond motifs is 2. The summed E-state index contributed by atoms with van der Waals surface area (Å²) in [5, 5.41) is 0. The third kappa shape index (κ3) is 3.70. The zero-order chi connectivity index (χ0) is 23.8. The van der Waals surface area contributed by atoms with Crippen molar-refractivity contribution in [2.45, 2.75) is 24.2 Å². The van der Waals surface area contributed by atoms with E-state index < -0.39 is 41.3 Å². The average Bonchev–Trinajstić information content (AvgIpc) is 3.39. The molecule has 6 nitrogen and oxygen atoms in total. The third-order valence-corrected chi connectivity index (χ3v) is 6.10. The molecular formula is C25H23F2NO5. The van der Waals surface area contributed by atoms with E-state index in [1.165, 1.54) is 32.2 Å². The third-order valence-electron chi connectivity index (χ3n) is 6.10. The van der Waals surface area contributed by atoms with Crippen LogP contribution in [0.2, 0.25) is 0 Å². The summed E-state index contributed by atoms with van der Waals surface area (Å²) in [5.74, 6) is -3.03. The second kappa shape index (κ2) is 8.78. The Kier molecular flexibility index (Phi) is 6.03. The van der Waals surface area contributed by atoms with E-state index in [-0.39, 0.29) is 23.3 Å². The van der Waals surface area contributed by atoms with E-state index in [2.05, 4.69) is 0 Å². The van der Waals surface area contributed by atoms with Crippen LogP contribution in [0.4, 0.5) is 14.5 Å². The van der Waals surface area contributed by atoms with Gasteiger partial charge in [-0.25, -0.2) is 18.4 Å². The summed E-state index contributed by atoms with van der Waals surface area (Å²) >= 11 is 0. The van der Waals surface area contributed by atoms with Gasteiger partial charge in [0.2, 0.25) is 0 Å². The first-order valence-corrected chi connectivity index (χ1v) is 10.3. The van der Waals surface area contributed by atoms with E-state index in [1.807, 2.05) is 30.3 Å². The number of para-hydroxylation sites is 1. The number of carbonyl (C=O) groups is 2. The molecule has 3 unspecified atom stereocenters. The Balaban J connectivity index is 1.91. The van der Waals surface area contributed by atoms with Crippen molar-refractivity contribution in [2.75, 3.05) is 26.2 Å². The summed E-state index contributed by atoms with van der Waals surface area (Å²) in [4.78, 5) is 26.9. The van der Waals surface area contributed by atoms with Crippen LogP contribution in [0.15, 0.2) is 71.8 Å². The van der Waals surface area contributed by atoms with Crippen LogP contribution in [0.25, 0.3) is 0 Å². The second-order valence-corrected chi connectivity index (χ2v) is 7.85. The molecule has 0 saturated heterocycles. The molecule has 172 valence electrons. The van der Waals surface area contributed by atoms with E-state index in [1.54, 1.807) is 12.2 Å².